The number of hydrogen-bond acceptors (Lipinski definition) is 4. The minimum Gasteiger partial charge on any atom is -0.481 e. The molecule has 1 aromatic heterocycles. The van der Waals surface area contributed by atoms with Crippen LogP contribution in [0.5, 0.6) is 0 Å². The van der Waals surface area contributed by atoms with Crippen molar-refractivity contribution in [3.8, 4) is 0 Å². The minimum absolute atomic E-state index is 0.554. The number of nitrogens with zero attached hydrogens (tertiary/aromatic N) is 1. The van der Waals surface area contributed by atoms with Crippen molar-refractivity contribution in [2.24, 2.45) is 5.41 Å². The summed E-state index contributed by atoms with van der Waals surface area (Å²) < 4.78 is 5.28. The molecule has 1 saturated heterocycles. The molecule has 1 aromatic rings. The van der Waals surface area contributed by atoms with Crippen LogP contribution in [0.15, 0.2) is 16.8 Å². The van der Waals surface area contributed by atoms with Gasteiger partial charge in [0.15, 0.2) is 0 Å². The topological polar surface area (TPSA) is 49.8 Å². The Morgan fingerprint density at radius 3 is 2.83 bits per heavy atom. The molecule has 0 spiro atoms. The van der Waals surface area contributed by atoms with Crippen molar-refractivity contribution in [3.63, 3.8) is 0 Å². The van der Waals surface area contributed by atoms with Gasteiger partial charge in [0.1, 0.15) is 0 Å². The second kappa shape index (κ2) is 5.82. The van der Waals surface area contributed by atoms with Crippen molar-refractivity contribution in [3.05, 3.63) is 22.4 Å². The SMILES string of the molecule is CN(Cc1ccsc1)CC1(C(=O)O)CCOCC1. The third kappa shape index (κ3) is 3.10. The monoisotopic (exact) mass is 269 g/mol. The highest BCUT2D eigenvalue weighted by Crippen LogP contribution is 2.32. The Morgan fingerprint density at radius 2 is 2.28 bits per heavy atom. The standard InChI is InChI=1S/C13H19NO3S/c1-14(8-11-2-7-18-9-11)10-13(12(15)16)3-5-17-6-4-13/h2,7,9H,3-6,8,10H2,1H3,(H,15,16). The highest BCUT2D eigenvalue weighted by molar-refractivity contribution is 7.07. The van der Waals surface area contributed by atoms with E-state index in [2.05, 4.69) is 16.3 Å². The van der Waals surface area contributed by atoms with Gasteiger partial charge in [-0.15, -0.1) is 0 Å². The molecule has 18 heavy (non-hydrogen) atoms. The van der Waals surface area contributed by atoms with Crippen LogP contribution >= 0.6 is 11.3 Å². The predicted octanol–water partition coefficient (Wildman–Crippen LogP) is 2.06. The first-order chi connectivity index (χ1) is 8.62. The third-order valence-corrected chi connectivity index (χ3v) is 4.24. The predicted molar refractivity (Wildman–Crippen MR) is 70.8 cm³/mol. The molecular formula is C13H19NO3S. The van der Waals surface area contributed by atoms with E-state index in [0.29, 0.717) is 32.6 Å². The molecule has 1 N–H and O–H groups in total. The number of carboxylic acid groups (broad SMARTS) is 1. The molecule has 0 bridgehead atoms. The third-order valence-electron chi connectivity index (χ3n) is 3.51. The number of carboxylic acids is 1. The van der Waals surface area contributed by atoms with E-state index >= 15 is 0 Å². The highest BCUT2D eigenvalue weighted by atomic mass is 32.1. The minimum atomic E-state index is -0.692. The number of carbonyl (C=O) groups is 1. The van der Waals surface area contributed by atoms with Crippen LogP contribution in [-0.4, -0.2) is 42.8 Å². The molecule has 100 valence electrons. The first-order valence-corrected chi connectivity index (χ1v) is 7.07. The van der Waals surface area contributed by atoms with Crippen LogP contribution < -0.4 is 0 Å². The smallest absolute Gasteiger partial charge is 0.311 e. The van der Waals surface area contributed by atoms with Gasteiger partial charge >= 0.3 is 5.97 Å². The molecule has 0 radical (unpaired) electrons. The lowest BCUT2D eigenvalue weighted by atomic mass is 9.80. The van der Waals surface area contributed by atoms with Crippen LogP contribution in [0.4, 0.5) is 0 Å². The highest BCUT2D eigenvalue weighted by Gasteiger charge is 2.40. The van der Waals surface area contributed by atoms with Crippen molar-refractivity contribution >= 4 is 17.3 Å². The molecule has 0 amide bonds. The molecule has 1 aliphatic rings. The van der Waals surface area contributed by atoms with Gasteiger partial charge in [0.25, 0.3) is 0 Å². The van der Waals surface area contributed by atoms with E-state index in [-0.39, 0.29) is 0 Å². The van der Waals surface area contributed by atoms with E-state index in [4.69, 9.17) is 4.74 Å². The fraction of sp³-hybridized carbons (Fsp3) is 0.615. The maximum Gasteiger partial charge on any atom is 0.311 e. The number of rotatable bonds is 5. The van der Waals surface area contributed by atoms with Crippen LogP contribution in [0, 0.1) is 5.41 Å². The van der Waals surface area contributed by atoms with Gasteiger partial charge in [-0.05, 0) is 42.3 Å². The van der Waals surface area contributed by atoms with Crippen LogP contribution in [0.3, 0.4) is 0 Å². The summed E-state index contributed by atoms with van der Waals surface area (Å²) in [6.07, 6.45) is 1.21. The molecule has 4 nitrogen and oxygen atoms in total. The van der Waals surface area contributed by atoms with Crippen molar-refractivity contribution in [1.82, 2.24) is 4.90 Å². The number of ether oxygens (including phenoxy) is 1. The summed E-state index contributed by atoms with van der Waals surface area (Å²) in [5, 5.41) is 13.6. The van der Waals surface area contributed by atoms with E-state index in [9.17, 15) is 9.90 Å². The summed E-state index contributed by atoms with van der Waals surface area (Å²) in [4.78, 5) is 13.6. The van der Waals surface area contributed by atoms with Crippen molar-refractivity contribution in [2.75, 3.05) is 26.8 Å². The fourth-order valence-corrected chi connectivity index (χ4v) is 3.13. The lowest BCUT2D eigenvalue weighted by Crippen LogP contribution is -2.45. The molecule has 0 unspecified atom stereocenters. The first-order valence-electron chi connectivity index (χ1n) is 6.13. The van der Waals surface area contributed by atoms with Gasteiger partial charge < -0.3 is 14.7 Å². The zero-order valence-electron chi connectivity index (χ0n) is 10.6. The molecule has 1 aliphatic heterocycles. The molecular weight excluding hydrogens is 250 g/mol. The van der Waals surface area contributed by atoms with Crippen LogP contribution in [0.2, 0.25) is 0 Å². The quantitative estimate of drug-likeness (QED) is 0.889. The zero-order valence-corrected chi connectivity index (χ0v) is 11.4. The second-order valence-electron chi connectivity index (χ2n) is 5.00. The Balaban J connectivity index is 1.98. The summed E-state index contributed by atoms with van der Waals surface area (Å²) in [6, 6.07) is 2.08. The maximum absolute atomic E-state index is 11.5. The first kappa shape index (κ1) is 13.5. The lowest BCUT2D eigenvalue weighted by Gasteiger charge is -2.36. The maximum atomic E-state index is 11.5. The molecule has 5 heteroatoms. The normalized spacial score (nSPS) is 19.0. The molecule has 1 fully saturated rings. The summed E-state index contributed by atoms with van der Waals surface area (Å²) in [5.41, 5.74) is 0.610. The van der Waals surface area contributed by atoms with Crippen LogP contribution in [0.25, 0.3) is 0 Å². The Labute approximate surface area is 111 Å². The van der Waals surface area contributed by atoms with Crippen LogP contribution in [0.1, 0.15) is 18.4 Å². The Bertz CT molecular complexity index is 385. The van der Waals surface area contributed by atoms with Gasteiger partial charge in [-0.3, -0.25) is 4.79 Å². The van der Waals surface area contributed by atoms with E-state index in [1.807, 2.05) is 12.4 Å². The lowest BCUT2D eigenvalue weighted by molar-refractivity contribution is -0.156. The number of hydrogen-bond donors (Lipinski definition) is 1. The molecule has 2 rings (SSSR count). The average molecular weight is 269 g/mol. The number of thiophene rings is 1. The van der Waals surface area contributed by atoms with Gasteiger partial charge in [-0.2, -0.15) is 11.3 Å². The Hall–Kier alpha value is -0.910. The van der Waals surface area contributed by atoms with Gasteiger partial charge in [0.05, 0.1) is 5.41 Å². The summed E-state index contributed by atoms with van der Waals surface area (Å²) >= 11 is 1.67. The Morgan fingerprint density at radius 1 is 1.56 bits per heavy atom. The van der Waals surface area contributed by atoms with E-state index < -0.39 is 11.4 Å². The zero-order chi connectivity index (χ0) is 13.0. The van der Waals surface area contributed by atoms with E-state index in [1.54, 1.807) is 11.3 Å². The molecule has 2 heterocycles. The average Bonchev–Trinajstić information content (AvgIpc) is 2.82. The molecule has 0 aliphatic carbocycles. The van der Waals surface area contributed by atoms with Gasteiger partial charge in [0, 0.05) is 26.3 Å². The van der Waals surface area contributed by atoms with Gasteiger partial charge in [-0.25, -0.2) is 0 Å². The molecule has 0 saturated carbocycles. The summed E-state index contributed by atoms with van der Waals surface area (Å²) in [7, 11) is 1.98. The van der Waals surface area contributed by atoms with Crippen molar-refractivity contribution in [1.29, 1.82) is 0 Å². The largest absolute Gasteiger partial charge is 0.481 e. The molecule has 0 aromatic carbocycles. The van der Waals surface area contributed by atoms with Crippen molar-refractivity contribution < 1.29 is 14.6 Å². The summed E-state index contributed by atoms with van der Waals surface area (Å²) in [6.45, 7) is 2.50. The van der Waals surface area contributed by atoms with E-state index in [0.717, 1.165) is 6.54 Å². The fourth-order valence-electron chi connectivity index (χ4n) is 2.47. The van der Waals surface area contributed by atoms with Crippen LogP contribution in [-0.2, 0) is 16.1 Å². The Kier molecular flexibility index (Phi) is 4.37. The summed E-state index contributed by atoms with van der Waals surface area (Å²) in [5.74, 6) is -0.692. The second-order valence-corrected chi connectivity index (χ2v) is 5.78. The van der Waals surface area contributed by atoms with Crippen molar-refractivity contribution in [2.45, 2.75) is 19.4 Å². The van der Waals surface area contributed by atoms with Gasteiger partial charge in [0.2, 0.25) is 0 Å². The van der Waals surface area contributed by atoms with E-state index in [1.165, 1.54) is 5.56 Å². The van der Waals surface area contributed by atoms with Gasteiger partial charge in [-0.1, -0.05) is 0 Å². The number of aliphatic carboxylic acids is 1. The molecule has 0 atom stereocenters.